The molecular formula is C24H29F3N4OS. The van der Waals surface area contributed by atoms with Crippen molar-refractivity contribution in [3.63, 3.8) is 0 Å². The molecule has 0 bridgehead atoms. The highest BCUT2D eigenvalue weighted by molar-refractivity contribution is 7.14. The van der Waals surface area contributed by atoms with E-state index < -0.39 is 17.8 Å². The monoisotopic (exact) mass is 478 g/mol. The molecule has 1 amide bonds. The van der Waals surface area contributed by atoms with E-state index in [1.165, 1.54) is 23.5 Å². The number of aryl methyl sites for hydroxylation is 3. The number of hydrogen-bond acceptors (Lipinski definition) is 4. The Hall–Kier alpha value is -2.65. The summed E-state index contributed by atoms with van der Waals surface area (Å²) in [5, 5.41) is 7.22. The van der Waals surface area contributed by atoms with E-state index in [2.05, 4.69) is 17.3 Å². The molecule has 3 aromatic rings. The summed E-state index contributed by atoms with van der Waals surface area (Å²) < 4.78 is 41.9. The summed E-state index contributed by atoms with van der Waals surface area (Å²) in [5.74, 6) is -0.333. The van der Waals surface area contributed by atoms with Gasteiger partial charge in [0.15, 0.2) is 0 Å². The molecule has 1 atom stereocenters. The zero-order valence-electron chi connectivity index (χ0n) is 19.0. The van der Waals surface area contributed by atoms with Crippen molar-refractivity contribution in [2.24, 2.45) is 12.8 Å². The van der Waals surface area contributed by atoms with Crippen LogP contribution in [0, 0.1) is 0 Å². The molecule has 0 radical (unpaired) electrons. The highest BCUT2D eigenvalue weighted by Gasteiger charge is 2.33. The lowest BCUT2D eigenvalue weighted by Gasteiger charge is -2.19. The van der Waals surface area contributed by atoms with Gasteiger partial charge in [0.25, 0.3) is 5.91 Å². The number of thiophene rings is 1. The molecule has 9 heteroatoms. The molecule has 178 valence electrons. The Kier molecular flexibility index (Phi) is 7.97. The maximum Gasteiger partial charge on any atom is 0.416 e. The van der Waals surface area contributed by atoms with Crippen molar-refractivity contribution in [3.05, 3.63) is 63.0 Å². The number of nitrogens with zero attached hydrogens (tertiary/aromatic N) is 2. The van der Waals surface area contributed by atoms with Crippen molar-refractivity contribution in [1.29, 1.82) is 0 Å². The van der Waals surface area contributed by atoms with Gasteiger partial charge in [-0.2, -0.15) is 18.3 Å². The van der Waals surface area contributed by atoms with Crippen LogP contribution in [0.5, 0.6) is 0 Å². The second-order valence-electron chi connectivity index (χ2n) is 7.96. The number of halogens is 3. The molecule has 0 aliphatic heterocycles. The second-order valence-corrected chi connectivity index (χ2v) is 9.09. The van der Waals surface area contributed by atoms with Gasteiger partial charge in [0.1, 0.15) is 0 Å². The zero-order chi connectivity index (χ0) is 24.2. The summed E-state index contributed by atoms with van der Waals surface area (Å²) in [7, 11) is 1.88. The summed E-state index contributed by atoms with van der Waals surface area (Å²) >= 11 is 1.39. The van der Waals surface area contributed by atoms with Gasteiger partial charge < -0.3 is 11.1 Å². The standard InChI is InChI=1S/C24H29F3N4OS/c1-4-8-16-14-29-31(3)22(16)18-12-21(33-20(18)5-2)23(32)30-17(13-28)11-15-9-6-7-10-19(15)24(25,26)27/h6-7,9-10,12,14,17H,4-5,8,11,13,28H2,1-3H3,(H,30,32). The van der Waals surface area contributed by atoms with Crippen LogP contribution in [-0.4, -0.2) is 28.3 Å². The van der Waals surface area contributed by atoms with E-state index >= 15 is 0 Å². The van der Waals surface area contributed by atoms with Crippen LogP contribution in [-0.2, 0) is 32.5 Å². The number of carbonyl (C=O) groups is 1. The van der Waals surface area contributed by atoms with E-state index in [1.807, 2.05) is 30.9 Å². The molecule has 0 saturated carbocycles. The fraction of sp³-hybridized carbons (Fsp3) is 0.417. The molecule has 0 aliphatic rings. The van der Waals surface area contributed by atoms with Crippen molar-refractivity contribution < 1.29 is 18.0 Å². The predicted molar refractivity (Wildman–Crippen MR) is 125 cm³/mol. The minimum Gasteiger partial charge on any atom is -0.347 e. The first kappa shape index (κ1) is 25.0. The molecule has 2 heterocycles. The second kappa shape index (κ2) is 10.5. The molecule has 5 nitrogen and oxygen atoms in total. The van der Waals surface area contributed by atoms with Gasteiger partial charge in [-0.05, 0) is 42.5 Å². The lowest BCUT2D eigenvalue weighted by molar-refractivity contribution is -0.138. The summed E-state index contributed by atoms with van der Waals surface area (Å²) in [5.41, 5.74) is 8.32. The topological polar surface area (TPSA) is 72.9 Å². The van der Waals surface area contributed by atoms with E-state index in [0.29, 0.717) is 4.88 Å². The first-order valence-electron chi connectivity index (χ1n) is 11.0. The van der Waals surface area contributed by atoms with Gasteiger partial charge in [-0.3, -0.25) is 9.48 Å². The number of alkyl halides is 3. The van der Waals surface area contributed by atoms with E-state index in [4.69, 9.17) is 5.73 Å². The Bertz CT molecular complexity index is 1100. The highest BCUT2D eigenvalue weighted by Crippen LogP contribution is 2.35. The number of nitrogens with one attached hydrogen (secondary N) is 1. The average molecular weight is 479 g/mol. The number of aromatic nitrogens is 2. The Labute approximate surface area is 195 Å². The Balaban J connectivity index is 1.84. The first-order chi connectivity index (χ1) is 15.7. The molecule has 0 spiro atoms. The van der Waals surface area contributed by atoms with Gasteiger partial charge in [0, 0.05) is 30.1 Å². The molecule has 0 aliphatic carbocycles. The van der Waals surface area contributed by atoms with Crippen molar-refractivity contribution in [3.8, 4) is 11.3 Å². The van der Waals surface area contributed by atoms with Crippen molar-refractivity contribution in [2.75, 3.05) is 6.54 Å². The summed E-state index contributed by atoms with van der Waals surface area (Å²) in [6, 6.07) is 6.61. The third kappa shape index (κ3) is 5.65. The third-order valence-electron chi connectivity index (χ3n) is 5.55. The molecule has 2 aromatic heterocycles. The van der Waals surface area contributed by atoms with Crippen LogP contribution in [0.2, 0.25) is 0 Å². The van der Waals surface area contributed by atoms with E-state index in [-0.39, 0.29) is 24.4 Å². The molecule has 1 aromatic carbocycles. The first-order valence-corrected chi connectivity index (χ1v) is 11.8. The van der Waals surface area contributed by atoms with Gasteiger partial charge in [0.05, 0.1) is 22.3 Å². The molecule has 0 saturated heterocycles. The number of benzene rings is 1. The van der Waals surface area contributed by atoms with E-state index in [1.54, 1.807) is 6.07 Å². The van der Waals surface area contributed by atoms with Gasteiger partial charge in [-0.15, -0.1) is 11.3 Å². The normalized spacial score (nSPS) is 12.7. The molecular weight excluding hydrogens is 449 g/mol. The smallest absolute Gasteiger partial charge is 0.347 e. The predicted octanol–water partition coefficient (Wildman–Crippen LogP) is 4.98. The van der Waals surface area contributed by atoms with Gasteiger partial charge in [-0.1, -0.05) is 38.5 Å². The highest BCUT2D eigenvalue weighted by atomic mass is 32.1. The number of carbonyl (C=O) groups excluding carboxylic acids is 1. The quantitative estimate of drug-likeness (QED) is 0.456. The number of hydrogen-bond donors (Lipinski definition) is 2. The fourth-order valence-corrected chi connectivity index (χ4v) is 4.98. The summed E-state index contributed by atoms with van der Waals surface area (Å²) in [6.07, 6.45) is 0.0191. The largest absolute Gasteiger partial charge is 0.416 e. The van der Waals surface area contributed by atoms with Gasteiger partial charge in [0.2, 0.25) is 0 Å². The third-order valence-corrected chi connectivity index (χ3v) is 6.83. The molecule has 3 rings (SSSR count). The van der Waals surface area contributed by atoms with Crippen LogP contribution >= 0.6 is 11.3 Å². The minimum atomic E-state index is -4.46. The van der Waals surface area contributed by atoms with E-state index in [9.17, 15) is 18.0 Å². The average Bonchev–Trinajstić information content (AvgIpc) is 3.36. The SMILES string of the molecule is CCCc1cnn(C)c1-c1cc(C(=O)NC(CN)Cc2ccccc2C(F)(F)F)sc1CC. The van der Waals surface area contributed by atoms with Crippen LogP contribution in [0.4, 0.5) is 13.2 Å². The van der Waals surface area contributed by atoms with Crippen LogP contribution in [0.25, 0.3) is 11.3 Å². The molecule has 1 unspecified atom stereocenters. The lowest BCUT2D eigenvalue weighted by atomic mass is 9.99. The van der Waals surface area contributed by atoms with Crippen molar-refractivity contribution in [2.45, 2.75) is 51.7 Å². The number of amides is 1. The Morgan fingerprint density at radius 1 is 1.24 bits per heavy atom. The van der Waals surface area contributed by atoms with Gasteiger partial charge >= 0.3 is 6.18 Å². The number of rotatable bonds is 9. The van der Waals surface area contributed by atoms with Crippen molar-refractivity contribution in [1.82, 2.24) is 15.1 Å². The van der Waals surface area contributed by atoms with Crippen LogP contribution in [0.3, 0.4) is 0 Å². The summed E-state index contributed by atoms with van der Waals surface area (Å²) in [4.78, 5) is 14.6. The maximum absolute atomic E-state index is 13.3. The van der Waals surface area contributed by atoms with Crippen molar-refractivity contribution >= 4 is 17.2 Å². The molecule has 33 heavy (non-hydrogen) atoms. The minimum absolute atomic E-state index is 0.000824. The van der Waals surface area contributed by atoms with Crippen LogP contribution < -0.4 is 11.1 Å². The maximum atomic E-state index is 13.3. The zero-order valence-corrected chi connectivity index (χ0v) is 19.8. The lowest BCUT2D eigenvalue weighted by Crippen LogP contribution is -2.41. The van der Waals surface area contributed by atoms with Crippen LogP contribution in [0.1, 0.15) is 51.5 Å². The molecule has 0 fully saturated rings. The van der Waals surface area contributed by atoms with Gasteiger partial charge in [-0.25, -0.2) is 0 Å². The summed E-state index contributed by atoms with van der Waals surface area (Å²) in [6.45, 7) is 4.16. The van der Waals surface area contributed by atoms with Crippen LogP contribution in [0.15, 0.2) is 36.5 Å². The van der Waals surface area contributed by atoms with E-state index in [0.717, 1.165) is 47.0 Å². The number of nitrogens with two attached hydrogens (primary N) is 1. The Morgan fingerprint density at radius 3 is 2.61 bits per heavy atom. The fourth-order valence-electron chi connectivity index (χ4n) is 3.98. The molecule has 3 N–H and O–H groups in total. The Morgan fingerprint density at radius 2 is 1.97 bits per heavy atom.